The van der Waals surface area contributed by atoms with Crippen LogP contribution in [0.4, 0.5) is 11.5 Å². The molecule has 0 aliphatic carbocycles. The summed E-state index contributed by atoms with van der Waals surface area (Å²) in [4.78, 5) is 4.15. The molecule has 0 saturated carbocycles. The maximum atomic E-state index is 4.15. The molecular weight excluding hydrogens is 194 g/mol. The van der Waals surface area contributed by atoms with Crippen molar-refractivity contribution in [3.63, 3.8) is 0 Å². The zero-order valence-electron chi connectivity index (χ0n) is 8.87. The number of aromatic nitrogens is 1. The Balaban J connectivity index is 2.57. The second kappa shape index (κ2) is 5.75. The first-order chi connectivity index (χ1) is 6.76. The molecule has 0 spiro atoms. The van der Waals surface area contributed by atoms with Crippen LogP contribution in [0.15, 0.2) is 18.3 Å². The highest BCUT2D eigenvalue weighted by Gasteiger charge is 2.01. The average molecular weight is 211 g/mol. The van der Waals surface area contributed by atoms with Crippen LogP contribution in [0.25, 0.3) is 0 Å². The zero-order chi connectivity index (χ0) is 10.4. The van der Waals surface area contributed by atoms with Gasteiger partial charge in [0.25, 0.3) is 0 Å². The lowest BCUT2D eigenvalue weighted by Crippen LogP contribution is -2.17. The van der Waals surface area contributed by atoms with E-state index in [0.717, 1.165) is 17.3 Å². The number of nitrogens with zero attached hydrogens (tertiary/aromatic N) is 1. The second-order valence-electron chi connectivity index (χ2n) is 3.18. The summed E-state index contributed by atoms with van der Waals surface area (Å²) in [6.07, 6.45) is 3.92. The molecule has 0 fully saturated rings. The number of hydrogen-bond donors (Lipinski definition) is 2. The quantitative estimate of drug-likeness (QED) is 0.783. The van der Waals surface area contributed by atoms with Gasteiger partial charge in [0, 0.05) is 36.8 Å². The normalized spacial score (nSPS) is 12.2. The van der Waals surface area contributed by atoms with Crippen LogP contribution in [-0.4, -0.2) is 30.1 Å². The molecule has 1 rings (SSSR count). The maximum Gasteiger partial charge on any atom is 0.127 e. The number of pyridine rings is 1. The Labute approximate surface area is 89.7 Å². The third-order valence-corrected chi connectivity index (χ3v) is 2.68. The maximum absolute atomic E-state index is 4.15. The fourth-order valence-corrected chi connectivity index (χ4v) is 1.82. The largest absolute Gasteiger partial charge is 0.382 e. The van der Waals surface area contributed by atoms with Gasteiger partial charge in [-0.15, -0.1) is 0 Å². The van der Waals surface area contributed by atoms with Crippen LogP contribution < -0.4 is 10.6 Å². The van der Waals surface area contributed by atoms with E-state index in [-0.39, 0.29) is 0 Å². The first-order valence-corrected chi connectivity index (χ1v) is 6.05. The Bertz CT molecular complexity index is 278. The molecule has 1 aromatic heterocycles. The summed E-state index contributed by atoms with van der Waals surface area (Å²) < 4.78 is 0. The van der Waals surface area contributed by atoms with Crippen molar-refractivity contribution in [2.24, 2.45) is 0 Å². The Hall–Kier alpha value is -0.900. The molecule has 0 radical (unpaired) electrons. The standard InChI is InChI=1S/C10H17N3S/c1-8(7-14-3)13-9-4-5-12-10(6-9)11-2/h4-6,8H,7H2,1-3H3,(H2,11,12,13). The lowest BCUT2D eigenvalue weighted by atomic mass is 10.3. The molecule has 4 heteroatoms. The highest BCUT2D eigenvalue weighted by atomic mass is 32.2. The third-order valence-electron chi connectivity index (χ3n) is 1.85. The van der Waals surface area contributed by atoms with Crippen LogP contribution in [-0.2, 0) is 0 Å². The minimum absolute atomic E-state index is 0.483. The van der Waals surface area contributed by atoms with E-state index in [4.69, 9.17) is 0 Å². The molecular formula is C10H17N3S. The minimum atomic E-state index is 0.483. The Morgan fingerprint density at radius 3 is 3.00 bits per heavy atom. The van der Waals surface area contributed by atoms with Crippen LogP contribution in [0.5, 0.6) is 0 Å². The number of anilines is 2. The summed E-state index contributed by atoms with van der Waals surface area (Å²) in [6, 6.07) is 4.48. The summed E-state index contributed by atoms with van der Waals surface area (Å²) in [5.41, 5.74) is 1.12. The van der Waals surface area contributed by atoms with Crippen LogP contribution in [0.3, 0.4) is 0 Å². The van der Waals surface area contributed by atoms with E-state index >= 15 is 0 Å². The average Bonchev–Trinajstić information content (AvgIpc) is 2.18. The van der Waals surface area contributed by atoms with E-state index in [2.05, 4.69) is 28.8 Å². The van der Waals surface area contributed by atoms with Crippen molar-refractivity contribution in [1.29, 1.82) is 0 Å². The van der Waals surface area contributed by atoms with Crippen molar-refractivity contribution < 1.29 is 0 Å². The van der Waals surface area contributed by atoms with Gasteiger partial charge in [0.15, 0.2) is 0 Å². The molecule has 1 heterocycles. The van der Waals surface area contributed by atoms with E-state index in [1.54, 1.807) is 6.20 Å². The molecule has 78 valence electrons. The smallest absolute Gasteiger partial charge is 0.127 e. The molecule has 0 saturated heterocycles. The van der Waals surface area contributed by atoms with Gasteiger partial charge in [0.05, 0.1) is 0 Å². The number of nitrogens with one attached hydrogen (secondary N) is 2. The number of rotatable bonds is 5. The van der Waals surface area contributed by atoms with Gasteiger partial charge >= 0.3 is 0 Å². The zero-order valence-corrected chi connectivity index (χ0v) is 9.69. The summed E-state index contributed by atoms with van der Waals surface area (Å²) in [5, 5.41) is 6.43. The van der Waals surface area contributed by atoms with Gasteiger partial charge in [-0.1, -0.05) is 0 Å². The molecule has 1 aromatic rings. The van der Waals surface area contributed by atoms with Crippen molar-refractivity contribution in [3.05, 3.63) is 18.3 Å². The summed E-state index contributed by atoms with van der Waals surface area (Å²) in [5.74, 6) is 2.00. The lowest BCUT2D eigenvalue weighted by molar-refractivity contribution is 0.914. The van der Waals surface area contributed by atoms with E-state index in [1.807, 2.05) is 30.9 Å². The number of thioether (sulfide) groups is 1. The van der Waals surface area contributed by atoms with Crippen molar-refractivity contribution in [1.82, 2.24) is 4.98 Å². The second-order valence-corrected chi connectivity index (χ2v) is 4.09. The Morgan fingerprint density at radius 2 is 2.36 bits per heavy atom. The van der Waals surface area contributed by atoms with E-state index in [9.17, 15) is 0 Å². The molecule has 1 atom stereocenters. The molecule has 2 N–H and O–H groups in total. The monoisotopic (exact) mass is 211 g/mol. The van der Waals surface area contributed by atoms with Gasteiger partial charge in [-0.2, -0.15) is 11.8 Å². The van der Waals surface area contributed by atoms with Crippen molar-refractivity contribution in [2.45, 2.75) is 13.0 Å². The van der Waals surface area contributed by atoms with Crippen molar-refractivity contribution >= 4 is 23.3 Å². The predicted molar refractivity (Wildman–Crippen MR) is 65.3 cm³/mol. The summed E-state index contributed by atoms with van der Waals surface area (Å²) in [6.45, 7) is 2.18. The highest BCUT2D eigenvalue weighted by Crippen LogP contribution is 2.13. The molecule has 1 unspecified atom stereocenters. The molecule has 0 aliphatic heterocycles. The van der Waals surface area contributed by atoms with Gasteiger partial charge < -0.3 is 10.6 Å². The third kappa shape index (κ3) is 3.46. The number of hydrogen-bond acceptors (Lipinski definition) is 4. The fourth-order valence-electron chi connectivity index (χ4n) is 1.23. The van der Waals surface area contributed by atoms with Crippen LogP contribution in [0, 0.1) is 0 Å². The van der Waals surface area contributed by atoms with Crippen molar-refractivity contribution in [2.75, 3.05) is 29.7 Å². The van der Waals surface area contributed by atoms with Gasteiger partial charge in [-0.25, -0.2) is 4.98 Å². The molecule has 3 nitrogen and oxygen atoms in total. The Kier molecular flexibility index (Phi) is 4.59. The van der Waals surface area contributed by atoms with Gasteiger partial charge in [0.2, 0.25) is 0 Å². The minimum Gasteiger partial charge on any atom is -0.382 e. The summed E-state index contributed by atoms with van der Waals surface area (Å²) >= 11 is 1.85. The molecule has 0 bridgehead atoms. The highest BCUT2D eigenvalue weighted by molar-refractivity contribution is 7.98. The van der Waals surface area contributed by atoms with Crippen LogP contribution in [0.1, 0.15) is 6.92 Å². The first-order valence-electron chi connectivity index (χ1n) is 4.65. The van der Waals surface area contributed by atoms with Gasteiger partial charge in [-0.3, -0.25) is 0 Å². The molecule has 14 heavy (non-hydrogen) atoms. The molecule has 0 amide bonds. The van der Waals surface area contributed by atoms with Crippen molar-refractivity contribution in [3.8, 4) is 0 Å². The van der Waals surface area contributed by atoms with Crippen LogP contribution >= 0.6 is 11.8 Å². The molecule has 0 aliphatic rings. The predicted octanol–water partition coefficient (Wildman–Crippen LogP) is 2.29. The van der Waals surface area contributed by atoms with E-state index in [1.165, 1.54) is 0 Å². The summed E-state index contributed by atoms with van der Waals surface area (Å²) in [7, 11) is 1.87. The van der Waals surface area contributed by atoms with Crippen LogP contribution in [0.2, 0.25) is 0 Å². The van der Waals surface area contributed by atoms with Gasteiger partial charge in [0.1, 0.15) is 5.82 Å². The first kappa shape index (κ1) is 11.2. The Morgan fingerprint density at radius 1 is 1.57 bits per heavy atom. The SMILES string of the molecule is CNc1cc(NC(C)CSC)ccn1. The van der Waals surface area contributed by atoms with E-state index in [0.29, 0.717) is 6.04 Å². The molecule has 0 aromatic carbocycles. The van der Waals surface area contributed by atoms with Gasteiger partial charge in [-0.05, 0) is 19.2 Å². The van der Waals surface area contributed by atoms with E-state index < -0.39 is 0 Å². The fraction of sp³-hybridized carbons (Fsp3) is 0.500. The topological polar surface area (TPSA) is 37.0 Å². The lowest BCUT2D eigenvalue weighted by Gasteiger charge is -2.14.